The summed E-state index contributed by atoms with van der Waals surface area (Å²) >= 11 is 6.41. The minimum atomic E-state index is -4.21. The van der Waals surface area contributed by atoms with E-state index in [2.05, 4.69) is 15.7 Å². The quantitative estimate of drug-likeness (QED) is 0.338. The average Bonchev–Trinajstić information content (AvgIpc) is 3.22. The number of nitrogens with zero attached hydrogens (tertiary/aromatic N) is 1. The van der Waals surface area contributed by atoms with Gasteiger partial charge in [-0.1, -0.05) is 24.6 Å². The zero-order valence-corrected chi connectivity index (χ0v) is 30.6. The Labute approximate surface area is 299 Å². The Kier molecular flexibility index (Phi) is 10.5. The molecule has 2 aromatic carbocycles. The smallest absolute Gasteiger partial charge is 0.320 e. The second-order valence-electron chi connectivity index (χ2n) is 14.8. The van der Waals surface area contributed by atoms with Gasteiger partial charge < -0.3 is 24.2 Å². The third-order valence-electron chi connectivity index (χ3n) is 11.9. The molecule has 7 atom stereocenters. The Hall–Kier alpha value is -3.35. The van der Waals surface area contributed by atoms with Crippen LogP contribution in [0, 0.1) is 29.6 Å². The topological polar surface area (TPSA) is 149 Å². The molecule has 6 rings (SSSR count). The molecule has 2 aromatic rings. The number of carbonyl (C=O) groups is 3. The maximum absolute atomic E-state index is 13.6. The van der Waals surface area contributed by atoms with Crippen LogP contribution in [0.25, 0.3) is 0 Å². The number of fused-ring (bicyclic) bond motifs is 4. The molecular formula is C37H47ClN2O9S. The molecule has 1 saturated carbocycles. The van der Waals surface area contributed by atoms with Crippen molar-refractivity contribution in [2.45, 2.75) is 75.6 Å². The molecule has 0 aromatic heterocycles. The van der Waals surface area contributed by atoms with Crippen LogP contribution in [0.5, 0.6) is 5.75 Å². The first kappa shape index (κ1) is 36.4. The molecule has 4 aliphatic rings. The molecular weight excluding hydrogens is 684 g/mol. The number of amides is 1. The van der Waals surface area contributed by atoms with E-state index in [1.54, 1.807) is 25.1 Å². The number of anilines is 1. The predicted molar refractivity (Wildman–Crippen MR) is 188 cm³/mol. The van der Waals surface area contributed by atoms with Crippen molar-refractivity contribution in [2.24, 2.45) is 29.6 Å². The number of aryl methyl sites for hydroxylation is 1. The molecule has 1 amide bonds. The van der Waals surface area contributed by atoms with Gasteiger partial charge in [0, 0.05) is 29.1 Å². The van der Waals surface area contributed by atoms with Gasteiger partial charge in [0.15, 0.2) is 5.92 Å². The van der Waals surface area contributed by atoms with E-state index in [0.29, 0.717) is 36.2 Å². The zero-order valence-electron chi connectivity index (χ0n) is 29.0. The molecule has 13 heteroatoms. The number of esters is 2. The molecule has 50 heavy (non-hydrogen) atoms. The Morgan fingerprint density at radius 2 is 1.82 bits per heavy atom. The minimum Gasteiger partial charge on any atom is -0.490 e. The molecule has 2 aliphatic carbocycles. The van der Waals surface area contributed by atoms with Crippen LogP contribution in [-0.4, -0.2) is 76.6 Å². The summed E-state index contributed by atoms with van der Waals surface area (Å²) in [4.78, 5) is 41.8. The lowest BCUT2D eigenvalue weighted by Crippen LogP contribution is -2.50. The highest BCUT2D eigenvalue weighted by molar-refractivity contribution is 7.90. The van der Waals surface area contributed by atoms with E-state index >= 15 is 0 Å². The lowest BCUT2D eigenvalue weighted by Gasteiger charge is -2.46. The number of hydrogen-bond donors (Lipinski definition) is 2. The highest BCUT2D eigenvalue weighted by atomic mass is 35.5. The maximum Gasteiger partial charge on any atom is 0.320 e. The summed E-state index contributed by atoms with van der Waals surface area (Å²) in [6.45, 7) is 4.75. The number of aliphatic hydroxyl groups excluding tert-OH is 1. The summed E-state index contributed by atoms with van der Waals surface area (Å²) in [5.41, 5.74) is 2.88. The molecule has 2 N–H and O–H groups in total. The third-order valence-corrected chi connectivity index (χ3v) is 14.0. The second kappa shape index (κ2) is 14.3. The van der Waals surface area contributed by atoms with Crippen molar-refractivity contribution in [2.75, 3.05) is 38.8 Å². The zero-order chi connectivity index (χ0) is 36.0. The van der Waals surface area contributed by atoms with Gasteiger partial charge in [0.1, 0.15) is 5.75 Å². The molecule has 2 heterocycles. The molecule has 0 radical (unpaired) electrons. The number of sulfonamides is 1. The van der Waals surface area contributed by atoms with Crippen LogP contribution in [0.4, 0.5) is 5.69 Å². The minimum absolute atomic E-state index is 0.0683. The molecule has 2 bridgehead atoms. The number of halogens is 1. The van der Waals surface area contributed by atoms with Gasteiger partial charge in [0.2, 0.25) is 10.0 Å². The molecule has 0 saturated heterocycles. The summed E-state index contributed by atoms with van der Waals surface area (Å²) in [7, 11) is -1.85. The molecule has 1 fully saturated rings. The SMILES string of the molecule is COC(=O)C(C(=O)OC)[C@@H]1C[C@@H](C)[C@@H](C)S(=O)(=O)NC(=O)c2ccc3c(c2)N(C[C@@H]2CC[C@H]2[C@@H](O)C1)C[C@@]1(CCCc2cc(Cl)ccc21)CO3. The first-order chi connectivity index (χ1) is 23.8. The summed E-state index contributed by atoms with van der Waals surface area (Å²) < 4.78 is 46.0. The first-order valence-electron chi connectivity index (χ1n) is 17.5. The largest absolute Gasteiger partial charge is 0.490 e. The molecule has 11 nitrogen and oxygen atoms in total. The summed E-state index contributed by atoms with van der Waals surface area (Å²) in [5, 5.41) is 11.4. The van der Waals surface area contributed by atoms with Crippen LogP contribution >= 0.6 is 11.6 Å². The number of methoxy groups -OCH3 is 2. The number of ether oxygens (including phenoxy) is 3. The highest BCUT2D eigenvalue weighted by Gasteiger charge is 2.47. The van der Waals surface area contributed by atoms with Gasteiger partial charge >= 0.3 is 11.9 Å². The van der Waals surface area contributed by atoms with E-state index < -0.39 is 57.0 Å². The van der Waals surface area contributed by atoms with E-state index in [1.165, 1.54) is 32.3 Å². The van der Waals surface area contributed by atoms with Gasteiger partial charge in [-0.05, 0) is 117 Å². The Balaban J connectivity index is 1.42. The Morgan fingerprint density at radius 3 is 2.50 bits per heavy atom. The number of rotatable bonds is 3. The van der Waals surface area contributed by atoms with Crippen molar-refractivity contribution in [3.8, 4) is 5.75 Å². The number of carbonyl (C=O) groups excluding carboxylic acids is 3. The number of nitrogens with one attached hydrogen (secondary N) is 1. The molecule has 1 spiro atoms. The van der Waals surface area contributed by atoms with E-state index in [4.69, 9.17) is 25.8 Å². The van der Waals surface area contributed by atoms with Crippen LogP contribution in [-0.2, 0) is 40.9 Å². The molecule has 0 unspecified atom stereocenters. The predicted octanol–water partition coefficient (Wildman–Crippen LogP) is 4.66. The van der Waals surface area contributed by atoms with E-state index in [0.717, 1.165) is 32.1 Å². The first-order valence-corrected chi connectivity index (χ1v) is 19.4. The van der Waals surface area contributed by atoms with Crippen LogP contribution in [0.15, 0.2) is 36.4 Å². The fraction of sp³-hybridized carbons (Fsp3) is 0.595. The number of hydrogen-bond acceptors (Lipinski definition) is 10. The third kappa shape index (κ3) is 6.95. The average molecular weight is 731 g/mol. The Bertz CT molecular complexity index is 1740. The number of benzene rings is 2. The maximum atomic E-state index is 13.6. The fourth-order valence-corrected chi connectivity index (χ4v) is 10.2. The lowest BCUT2D eigenvalue weighted by molar-refractivity contribution is -0.162. The van der Waals surface area contributed by atoms with Crippen LogP contribution in [0.2, 0.25) is 5.02 Å². The van der Waals surface area contributed by atoms with Gasteiger partial charge in [-0.2, -0.15) is 0 Å². The summed E-state index contributed by atoms with van der Waals surface area (Å²) in [6, 6.07) is 11.1. The van der Waals surface area contributed by atoms with E-state index in [-0.39, 0.29) is 35.7 Å². The van der Waals surface area contributed by atoms with Gasteiger partial charge in [-0.3, -0.25) is 14.4 Å². The van der Waals surface area contributed by atoms with E-state index in [1.807, 2.05) is 12.1 Å². The lowest BCUT2D eigenvalue weighted by atomic mass is 9.66. The van der Waals surface area contributed by atoms with Crippen molar-refractivity contribution in [3.05, 3.63) is 58.1 Å². The highest BCUT2D eigenvalue weighted by Crippen LogP contribution is 2.47. The van der Waals surface area contributed by atoms with Crippen molar-refractivity contribution >= 4 is 45.2 Å². The standard InChI is InChI=1S/C37H47ClN2O9S/c1-21-14-26(33(35(43)47-3)36(44)48-4)17-31(41)28-10-7-25(28)18-40-19-37(13-5-6-23-15-27(38)9-11-29(23)37)20-49-32-12-8-24(16-30(32)40)34(42)39-50(45,46)22(21)2/h8-9,11-12,15-16,21-22,25-26,28,31,33,41H,5-7,10,13-14,17-20H2,1-4H3,(H,39,42)/t21-,22-,25+,26-,28-,31+,37+/m1/s1. The second-order valence-corrected chi connectivity index (χ2v) is 17.2. The van der Waals surface area contributed by atoms with Gasteiger partial charge in [0.05, 0.1) is 37.9 Å². The summed E-state index contributed by atoms with van der Waals surface area (Å²) in [5.74, 6) is -4.58. The fourth-order valence-electron chi connectivity index (χ4n) is 8.71. The van der Waals surface area contributed by atoms with Gasteiger partial charge in [-0.15, -0.1) is 0 Å². The molecule has 2 aliphatic heterocycles. The van der Waals surface area contributed by atoms with Gasteiger partial charge in [0.25, 0.3) is 5.91 Å². The summed E-state index contributed by atoms with van der Waals surface area (Å²) in [6.07, 6.45) is 3.66. The van der Waals surface area contributed by atoms with Crippen LogP contribution in [0.3, 0.4) is 0 Å². The molecule has 272 valence electrons. The van der Waals surface area contributed by atoms with Crippen molar-refractivity contribution in [1.29, 1.82) is 0 Å². The monoisotopic (exact) mass is 730 g/mol. The van der Waals surface area contributed by atoms with Crippen LogP contribution < -0.4 is 14.4 Å². The number of aliphatic hydroxyl groups is 1. The normalized spacial score (nSPS) is 30.9. The van der Waals surface area contributed by atoms with Gasteiger partial charge in [-0.25, -0.2) is 13.1 Å². The van der Waals surface area contributed by atoms with E-state index in [9.17, 15) is 27.9 Å². The Morgan fingerprint density at radius 1 is 1.08 bits per heavy atom. The van der Waals surface area contributed by atoms with Crippen LogP contribution in [0.1, 0.15) is 73.9 Å². The van der Waals surface area contributed by atoms with Crippen molar-refractivity contribution in [3.63, 3.8) is 0 Å². The van der Waals surface area contributed by atoms with Crippen molar-refractivity contribution < 1.29 is 42.1 Å². The van der Waals surface area contributed by atoms with Crippen molar-refractivity contribution in [1.82, 2.24) is 4.72 Å².